The number of benzene rings is 3. The Morgan fingerprint density at radius 2 is 1.68 bits per heavy atom. The topological polar surface area (TPSA) is 125 Å². The molecule has 0 aromatic heterocycles. The summed E-state index contributed by atoms with van der Waals surface area (Å²) in [5.74, 6) is -2.20. The first-order valence-electron chi connectivity index (χ1n) is 11.2. The summed E-state index contributed by atoms with van der Waals surface area (Å²) in [6, 6.07) is 12.9. The van der Waals surface area contributed by atoms with Crippen molar-refractivity contribution in [3.05, 3.63) is 86.9 Å². The standard InChI is InChI=1S/C27H21Cl2N3O6/c1-14-3-4-15(2)22(9-14)30-23(34)13-38-24-20(28)11-16(12-21(24)29)10-19-25(35)31-27(37)32(26(19)36)17-5-7-18(33)8-6-17/h3-12,33H,13H2,1-2H3,(H,30,34)(H,31,35,37)/b19-10-. The number of amides is 5. The van der Waals surface area contributed by atoms with Crippen LogP contribution in [0.3, 0.4) is 0 Å². The number of rotatable bonds is 6. The van der Waals surface area contributed by atoms with Crippen LogP contribution in [0.4, 0.5) is 16.2 Å². The van der Waals surface area contributed by atoms with Crippen molar-refractivity contribution in [2.75, 3.05) is 16.8 Å². The number of phenols is 1. The first-order chi connectivity index (χ1) is 18.0. The Bertz CT molecular complexity index is 1480. The van der Waals surface area contributed by atoms with Crippen molar-refractivity contribution in [3.8, 4) is 11.5 Å². The second-order valence-electron chi connectivity index (χ2n) is 8.44. The zero-order chi connectivity index (χ0) is 27.6. The number of carbonyl (C=O) groups is 4. The minimum absolute atomic E-state index is 0.0408. The summed E-state index contributed by atoms with van der Waals surface area (Å²) in [4.78, 5) is 51.0. The van der Waals surface area contributed by atoms with Gasteiger partial charge in [0.15, 0.2) is 12.4 Å². The van der Waals surface area contributed by atoms with E-state index in [0.29, 0.717) is 5.69 Å². The molecule has 0 unspecified atom stereocenters. The lowest BCUT2D eigenvalue weighted by Gasteiger charge is -2.26. The van der Waals surface area contributed by atoms with Crippen LogP contribution in [0.25, 0.3) is 6.08 Å². The summed E-state index contributed by atoms with van der Waals surface area (Å²) in [6.45, 7) is 3.42. The normalized spacial score (nSPS) is 14.5. The number of ether oxygens (including phenoxy) is 1. The third kappa shape index (κ3) is 5.80. The van der Waals surface area contributed by atoms with E-state index in [9.17, 15) is 24.3 Å². The molecule has 9 nitrogen and oxygen atoms in total. The lowest BCUT2D eigenvalue weighted by molar-refractivity contribution is -0.122. The zero-order valence-corrected chi connectivity index (χ0v) is 21.7. The van der Waals surface area contributed by atoms with Crippen LogP contribution in [-0.4, -0.2) is 35.5 Å². The molecule has 5 amide bonds. The van der Waals surface area contributed by atoms with Crippen molar-refractivity contribution in [1.82, 2.24) is 5.32 Å². The highest BCUT2D eigenvalue weighted by molar-refractivity contribution is 6.40. The van der Waals surface area contributed by atoms with E-state index in [0.717, 1.165) is 16.0 Å². The zero-order valence-electron chi connectivity index (χ0n) is 20.2. The SMILES string of the molecule is Cc1ccc(C)c(NC(=O)COc2c(Cl)cc(/C=C3/C(=O)NC(=O)N(c4ccc(O)cc4)C3=O)cc2Cl)c1. The Balaban J connectivity index is 1.52. The second-order valence-corrected chi connectivity index (χ2v) is 9.26. The number of phenolic OH excluding ortho intramolecular Hbond substituents is 1. The number of barbiturate groups is 1. The third-order valence-corrected chi connectivity index (χ3v) is 6.12. The lowest BCUT2D eigenvalue weighted by Crippen LogP contribution is -2.54. The van der Waals surface area contributed by atoms with Crippen LogP contribution in [-0.2, 0) is 14.4 Å². The molecule has 1 saturated heterocycles. The number of urea groups is 1. The van der Waals surface area contributed by atoms with Gasteiger partial charge in [-0.25, -0.2) is 9.69 Å². The highest BCUT2D eigenvalue weighted by atomic mass is 35.5. The summed E-state index contributed by atoms with van der Waals surface area (Å²) in [5.41, 5.74) is 2.64. The molecule has 11 heteroatoms. The number of aryl methyl sites for hydroxylation is 2. The number of halogens is 2. The predicted molar refractivity (Wildman–Crippen MR) is 144 cm³/mol. The smallest absolute Gasteiger partial charge is 0.335 e. The van der Waals surface area contributed by atoms with Gasteiger partial charge in [0.05, 0.1) is 15.7 Å². The van der Waals surface area contributed by atoms with Gasteiger partial charge in [0.1, 0.15) is 11.3 Å². The number of hydrogen-bond acceptors (Lipinski definition) is 6. The van der Waals surface area contributed by atoms with Gasteiger partial charge in [-0.1, -0.05) is 35.3 Å². The van der Waals surface area contributed by atoms with E-state index >= 15 is 0 Å². The predicted octanol–water partition coefficient (Wildman–Crippen LogP) is 5.00. The summed E-state index contributed by atoms with van der Waals surface area (Å²) >= 11 is 12.7. The van der Waals surface area contributed by atoms with Gasteiger partial charge in [-0.05, 0) is 79.1 Å². The van der Waals surface area contributed by atoms with Gasteiger partial charge in [0, 0.05) is 5.69 Å². The summed E-state index contributed by atoms with van der Waals surface area (Å²) < 4.78 is 5.54. The first kappa shape index (κ1) is 26.7. The average Bonchev–Trinajstić information content (AvgIpc) is 2.84. The Hall–Kier alpha value is -4.34. The molecule has 3 aromatic rings. The number of carbonyl (C=O) groups excluding carboxylic acids is 4. The molecule has 1 fully saturated rings. The average molecular weight is 554 g/mol. The molecule has 194 valence electrons. The number of aromatic hydroxyl groups is 1. The van der Waals surface area contributed by atoms with Crippen molar-refractivity contribution >= 4 is 64.4 Å². The van der Waals surface area contributed by atoms with E-state index in [-0.39, 0.29) is 45.0 Å². The highest BCUT2D eigenvalue weighted by Crippen LogP contribution is 2.35. The Morgan fingerprint density at radius 1 is 1.03 bits per heavy atom. The molecule has 38 heavy (non-hydrogen) atoms. The molecule has 1 aliphatic heterocycles. The van der Waals surface area contributed by atoms with Gasteiger partial charge in [0.25, 0.3) is 17.7 Å². The summed E-state index contributed by atoms with van der Waals surface area (Å²) in [5, 5.41) is 14.4. The molecule has 1 heterocycles. The maximum atomic E-state index is 13.0. The van der Waals surface area contributed by atoms with E-state index < -0.39 is 23.8 Å². The van der Waals surface area contributed by atoms with Crippen LogP contribution >= 0.6 is 23.2 Å². The summed E-state index contributed by atoms with van der Waals surface area (Å²) in [6.07, 6.45) is 1.23. The van der Waals surface area contributed by atoms with Crippen LogP contribution < -0.4 is 20.3 Å². The minimum atomic E-state index is -0.929. The minimum Gasteiger partial charge on any atom is -0.508 e. The quantitative estimate of drug-likeness (QED) is 0.291. The molecule has 0 atom stereocenters. The van der Waals surface area contributed by atoms with Crippen molar-refractivity contribution in [2.24, 2.45) is 0 Å². The Kier molecular flexibility index (Phi) is 7.70. The molecule has 0 spiro atoms. The Morgan fingerprint density at radius 3 is 2.34 bits per heavy atom. The van der Waals surface area contributed by atoms with Crippen molar-refractivity contribution in [1.29, 1.82) is 0 Å². The van der Waals surface area contributed by atoms with Gasteiger partial charge in [-0.15, -0.1) is 0 Å². The fraction of sp³-hybridized carbons (Fsp3) is 0.111. The summed E-state index contributed by atoms with van der Waals surface area (Å²) in [7, 11) is 0. The van der Waals surface area contributed by atoms with Crippen LogP contribution in [0.1, 0.15) is 16.7 Å². The largest absolute Gasteiger partial charge is 0.508 e. The maximum Gasteiger partial charge on any atom is 0.335 e. The monoisotopic (exact) mass is 553 g/mol. The van der Waals surface area contributed by atoms with Gasteiger partial charge >= 0.3 is 6.03 Å². The molecule has 0 aliphatic carbocycles. The third-order valence-electron chi connectivity index (χ3n) is 5.56. The first-order valence-corrected chi connectivity index (χ1v) is 12.0. The van der Waals surface area contributed by atoms with Crippen molar-refractivity contribution in [3.63, 3.8) is 0 Å². The number of anilines is 2. The molecule has 1 aliphatic rings. The number of nitrogens with one attached hydrogen (secondary N) is 2. The highest BCUT2D eigenvalue weighted by Gasteiger charge is 2.36. The number of hydrogen-bond donors (Lipinski definition) is 3. The molecular formula is C27H21Cl2N3O6. The maximum absolute atomic E-state index is 13.0. The Labute approximate surface area is 227 Å². The van der Waals surface area contributed by atoms with E-state index in [2.05, 4.69) is 10.6 Å². The van der Waals surface area contributed by atoms with E-state index in [4.69, 9.17) is 27.9 Å². The van der Waals surface area contributed by atoms with Crippen LogP contribution in [0.5, 0.6) is 11.5 Å². The second kappa shape index (κ2) is 11.0. The lowest BCUT2D eigenvalue weighted by atomic mass is 10.1. The molecule has 0 radical (unpaired) electrons. The molecule has 3 N–H and O–H groups in total. The van der Waals surface area contributed by atoms with E-state index in [1.165, 1.54) is 42.5 Å². The van der Waals surface area contributed by atoms with Crippen molar-refractivity contribution < 1.29 is 29.0 Å². The number of imide groups is 2. The molecule has 4 rings (SSSR count). The van der Waals surface area contributed by atoms with E-state index in [1.54, 1.807) is 0 Å². The molecule has 0 saturated carbocycles. The van der Waals surface area contributed by atoms with Crippen LogP contribution in [0, 0.1) is 13.8 Å². The van der Waals surface area contributed by atoms with E-state index in [1.807, 2.05) is 32.0 Å². The van der Waals surface area contributed by atoms with Crippen LogP contribution in [0.15, 0.2) is 60.2 Å². The van der Waals surface area contributed by atoms with Gasteiger partial charge < -0.3 is 15.2 Å². The number of nitrogens with zero attached hydrogens (tertiary/aromatic N) is 1. The van der Waals surface area contributed by atoms with Gasteiger partial charge in [-0.3, -0.25) is 19.7 Å². The van der Waals surface area contributed by atoms with Crippen LogP contribution in [0.2, 0.25) is 10.0 Å². The fourth-order valence-corrected chi connectivity index (χ4v) is 4.27. The molecular weight excluding hydrogens is 533 g/mol. The fourth-order valence-electron chi connectivity index (χ4n) is 3.66. The van der Waals surface area contributed by atoms with Gasteiger partial charge in [0.2, 0.25) is 0 Å². The van der Waals surface area contributed by atoms with Crippen molar-refractivity contribution in [2.45, 2.75) is 13.8 Å². The molecule has 3 aromatic carbocycles. The van der Waals surface area contributed by atoms with Gasteiger partial charge in [-0.2, -0.15) is 0 Å². The molecule has 0 bridgehead atoms.